The Bertz CT molecular complexity index is 389. The summed E-state index contributed by atoms with van der Waals surface area (Å²) < 4.78 is 0. The molecule has 0 aromatic heterocycles. The summed E-state index contributed by atoms with van der Waals surface area (Å²) in [6, 6.07) is 9.01. The molecule has 1 aromatic rings. The maximum absolute atomic E-state index is 10.8. The van der Waals surface area contributed by atoms with Crippen LogP contribution in [0.5, 0.6) is 0 Å². The summed E-state index contributed by atoms with van der Waals surface area (Å²) in [5, 5.41) is 3.47. The molecule has 0 radical (unpaired) electrons. The zero-order valence-corrected chi connectivity index (χ0v) is 9.57. The number of amides is 1. The van der Waals surface area contributed by atoms with Gasteiger partial charge in [0.15, 0.2) is 0 Å². The van der Waals surface area contributed by atoms with E-state index in [1.165, 1.54) is 11.1 Å². The van der Waals surface area contributed by atoms with E-state index in [-0.39, 0.29) is 11.9 Å². The third kappa shape index (κ3) is 2.42. The molecular weight excluding hydrogens is 200 g/mol. The van der Waals surface area contributed by atoms with Crippen LogP contribution < -0.4 is 11.1 Å². The number of primary amides is 1. The highest BCUT2D eigenvalue weighted by molar-refractivity contribution is 5.74. The van der Waals surface area contributed by atoms with Crippen molar-refractivity contribution in [1.29, 1.82) is 0 Å². The molecule has 0 saturated carbocycles. The molecule has 16 heavy (non-hydrogen) atoms. The molecule has 0 bridgehead atoms. The zero-order valence-electron chi connectivity index (χ0n) is 9.57. The second-order valence-corrected chi connectivity index (χ2v) is 4.53. The minimum absolute atomic E-state index is 0.147. The first-order chi connectivity index (χ1) is 7.66. The van der Waals surface area contributed by atoms with Gasteiger partial charge in [0, 0.05) is 18.5 Å². The predicted octanol–water partition coefficient (Wildman–Crippen LogP) is 1.53. The summed E-state index contributed by atoms with van der Waals surface area (Å²) in [7, 11) is 0. The summed E-state index contributed by atoms with van der Waals surface area (Å²) in [4.78, 5) is 10.8. The number of hydrogen-bond acceptors (Lipinski definition) is 2. The summed E-state index contributed by atoms with van der Waals surface area (Å²) in [5.74, 6) is -0.244. The molecule has 86 valence electrons. The van der Waals surface area contributed by atoms with Gasteiger partial charge in [0.25, 0.3) is 0 Å². The van der Waals surface area contributed by atoms with E-state index in [0.29, 0.717) is 12.5 Å². The van der Waals surface area contributed by atoms with E-state index in [9.17, 15) is 4.79 Å². The summed E-state index contributed by atoms with van der Waals surface area (Å²) in [6.07, 6.45) is 2.64. The Morgan fingerprint density at radius 2 is 2.31 bits per heavy atom. The highest BCUT2D eigenvalue weighted by Crippen LogP contribution is 2.31. The Hall–Kier alpha value is -1.35. The topological polar surface area (TPSA) is 55.1 Å². The lowest BCUT2D eigenvalue weighted by atomic mass is 10.1. The molecule has 0 aliphatic heterocycles. The van der Waals surface area contributed by atoms with E-state index in [4.69, 9.17) is 5.73 Å². The highest BCUT2D eigenvalue weighted by Gasteiger charge is 2.23. The fraction of sp³-hybridized carbons (Fsp3) is 0.462. The largest absolute Gasteiger partial charge is 0.370 e. The molecule has 1 aromatic carbocycles. The van der Waals surface area contributed by atoms with E-state index < -0.39 is 0 Å². The van der Waals surface area contributed by atoms with Crippen molar-refractivity contribution in [3.05, 3.63) is 35.4 Å². The van der Waals surface area contributed by atoms with Gasteiger partial charge in [0.05, 0.1) is 0 Å². The Kier molecular flexibility index (Phi) is 3.25. The Morgan fingerprint density at radius 3 is 3.06 bits per heavy atom. The van der Waals surface area contributed by atoms with Crippen LogP contribution in [-0.2, 0) is 11.2 Å². The maximum atomic E-state index is 10.8. The van der Waals surface area contributed by atoms with Crippen LogP contribution >= 0.6 is 0 Å². The lowest BCUT2D eigenvalue weighted by molar-refractivity contribution is -0.118. The van der Waals surface area contributed by atoms with Gasteiger partial charge in [0.1, 0.15) is 0 Å². The fourth-order valence-corrected chi connectivity index (χ4v) is 2.43. The van der Waals surface area contributed by atoms with Crippen molar-refractivity contribution in [2.75, 3.05) is 0 Å². The van der Waals surface area contributed by atoms with Gasteiger partial charge >= 0.3 is 0 Å². The van der Waals surface area contributed by atoms with Gasteiger partial charge in [-0.3, -0.25) is 4.79 Å². The molecular formula is C13H18N2O. The first-order valence-electron chi connectivity index (χ1n) is 5.79. The van der Waals surface area contributed by atoms with Crippen molar-refractivity contribution in [2.45, 2.75) is 38.3 Å². The molecule has 2 rings (SSSR count). The number of nitrogens with two attached hydrogens (primary N) is 1. The first kappa shape index (κ1) is 11.1. The van der Waals surface area contributed by atoms with E-state index >= 15 is 0 Å². The minimum Gasteiger partial charge on any atom is -0.370 e. The second-order valence-electron chi connectivity index (χ2n) is 4.53. The highest BCUT2D eigenvalue weighted by atomic mass is 16.1. The molecule has 0 spiro atoms. The number of fused-ring (bicyclic) bond motifs is 1. The average Bonchev–Trinajstić information content (AvgIpc) is 2.61. The number of nitrogens with one attached hydrogen (secondary N) is 1. The maximum Gasteiger partial charge on any atom is 0.218 e. The number of carbonyl (C=O) groups is 1. The van der Waals surface area contributed by atoms with Crippen molar-refractivity contribution < 1.29 is 4.79 Å². The van der Waals surface area contributed by atoms with Gasteiger partial charge < -0.3 is 11.1 Å². The van der Waals surface area contributed by atoms with Gasteiger partial charge in [-0.1, -0.05) is 24.3 Å². The smallest absolute Gasteiger partial charge is 0.218 e. The van der Waals surface area contributed by atoms with Gasteiger partial charge in [-0.15, -0.1) is 0 Å². The van der Waals surface area contributed by atoms with E-state index in [1.807, 2.05) is 6.92 Å². The van der Waals surface area contributed by atoms with Crippen LogP contribution in [-0.4, -0.2) is 11.9 Å². The molecule has 1 aliphatic carbocycles. The Morgan fingerprint density at radius 1 is 1.56 bits per heavy atom. The fourth-order valence-electron chi connectivity index (χ4n) is 2.43. The predicted molar refractivity (Wildman–Crippen MR) is 63.9 cm³/mol. The molecule has 3 heteroatoms. The van der Waals surface area contributed by atoms with Crippen molar-refractivity contribution >= 4 is 5.91 Å². The second kappa shape index (κ2) is 4.66. The zero-order chi connectivity index (χ0) is 11.5. The van der Waals surface area contributed by atoms with Crippen LogP contribution in [0.4, 0.5) is 0 Å². The van der Waals surface area contributed by atoms with Gasteiger partial charge in [-0.2, -0.15) is 0 Å². The monoisotopic (exact) mass is 218 g/mol. The molecule has 1 amide bonds. The molecule has 0 fully saturated rings. The quantitative estimate of drug-likeness (QED) is 0.805. The van der Waals surface area contributed by atoms with Crippen LogP contribution in [0, 0.1) is 0 Å². The normalized spacial score (nSPS) is 20.4. The van der Waals surface area contributed by atoms with Gasteiger partial charge in [0.2, 0.25) is 5.91 Å². The van der Waals surface area contributed by atoms with Crippen LogP contribution in [0.3, 0.4) is 0 Å². The first-order valence-corrected chi connectivity index (χ1v) is 5.79. The van der Waals surface area contributed by atoms with Crippen molar-refractivity contribution in [2.24, 2.45) is 5.73 Å². The SMILES string of the molecule is CC(CC(N)=O)NC1CCc2ccccc21. The third-order valence-electron chi connectivity index (χ3n) is 3.13. The molecule has 3 nitrogen and oxygen atoms in total. The molecule has 2 atom stereocenters. The minimum atomic E-state index is -0.244. The third-order valence-corrected chi connectivity index (χ3v) is 3.13. The van der Waals surface area contributed by atoms with E-state index in [0.717, 1.165) is 12.8 Å². The van der Waals surface area contributed by atoms with Crippen LogP contribution in [0.25, 0.3) is 0 Å². The number of rotatable bonds is 4. The molecule has 0 heterocycles. The van der Waals surface area contributed by atoms with Gasteiger partial charge in [-0.05, 0) is 30.9 Å². The van der Waals surface area contributed by atoms with Crippen LogP contribution in [0.1, 0.15) is 36.9 Å². The number of aryl methyl sites for hydroxylation is 1. The molecule has 3 N–H and O–H groups in total. The number of benzene rings is 1. The number of carbonyl (C=O) groups excluding carboxylic acids is 1. The lowest BCUT2D eigenvalue weighted by Crippen LogP contribution is -2.33. The summed E-state index contributed by atoms with van der Waals surface area (Å²) in [6.45, 7) is 2.01. The molecule has 1 aliphatic rings. The average molecular weight is 218 g/mol. The van der Waals surface area contributed by atoms with Crippen molar-refractivity contribution in [3.8, 4) is 0 Å². The van der Waals surface area contributed by atoms with Crippen LogP contribution in [0.15, 0.2) is 24.3 Å². The van der Waals surface area contributed by atoms with Crippen LogP contribution in [0.2, 0.25) is 0 Å². The Balaban J connectivity index is 2.00. The van der Waals surface area contributed by atoms with E-state index in [1.54, 1.807) is 0 Å². The van der Waals surface area contributed by atoms with Gasteiger partial charge in [-0.25, -0.2) is 0 Å². The standard InChI is InChI=1S/C13H18N2O/c1-9(8-13(14)16)15-12-7-6-10-4-2-3-5-11(10)12/h2-5,9,12,15H,6-8H2,1H3,(H2,14,16). The van der Waals surface area contributed by atoms with Crippen molar-refractivity contribution in [3.63, 3.8) is 0 Å². The van der Waals surface area contributed by atoms with Crippen molar-refractivity contribution in [1.82, 2.24) is 5.32 Å². The number of hydrogen-bond donors (Lipinski definition) is 2. The summed E-state index contributed by atoms with van der Waals surface area (Å²) >= 11 is 0. The molecule has 0 saturated heterocycles. The Labute approximate surface area is 96.0 Å². The lowest BCUT2D eigenvalue weighted by Gasteiger charge is -2.19. The molecule has 2 unspecified atom stereocenters. The van der Waals surface area contributed by atoms with E-state index in [2.05, 4.69) is 29.6 Å². The summed E-state index contributed by atoms with van der Waals surface area (Å²) in [5.41, 5.74) is 7.98.